The Morgan fingerprint density at radius 1 is 0.460 bits per heavy atom. The van der Waals surface area contributed by atoms with E-state index in [-0.39, 0.29) is 6.71 Å². The normalized spacial score (nSPS) is 15.1. The summed E-state index contributed by atoms with van der Waals surface area (Å²) in [5.41, 5.74) is 13.7. The molecule has 0 atom stereocenters. The van der Waals surface area contributed by atoms with Gasteiger partial charge in [-0.1, -0.05) is 163 Å². The Bertz CT molecular complexity index is 1930. The molecule has 2 nitrogen and oxygen atoms in total. The second kappa shape index (κ2) is 13.1. The summed E-state index contributed by atoms with van der Waals surface area (Å²) < 4.78 is 0. The smallest absolute Gasteiger partial charge is 0.247 e. The van der Waals surface area contributed by atoms with Gasteiger partial charge in [0.1, 0.15) is 0 Å². The Hall–Kier alpha value is -3.80. The van der Waals surface area contributed by atoms with Crippen molar-refractivity contribution in [3.63, 3.8) is 0 Å². The maximum atomic E-state index is 2.53. The molecule has 0 N–H and O–H groups in total. The van der Waals surface area contributed by atoms with Gasteiger partial charge in [0.25, 0.3) is 0 Å². The minimum atomic E-state index is 0.242. The van der Waals surface area contributed by atoms with E-state index in [1.54, 1.807) is 0 Å². The first-order valence-electron chi connectivity index (χ1n) is 18.2. The minimum absolute atomic E-state index is 0.242. The lowest BCUT2D eigenvalue weighted by molar-refractivity contribution is 0.803. The molecule has 3 aliphatic heterocycles. The van der Waals surface area contributed by atoms with Gasteiger partial charge in [0.05, 0.1) is 11.4 Å². The van der Waals surface area contributed by atoms with Gasteiger partial charge < -0.3 is 9.80 Å². The summed E-state index contributed by atoms with van der Waals surface area (Å²) in [6.45, 7) is 18.9. The zero-order chi connectivity index (χ0) is 34.8. The molecule has 0 bridgehead atoms. The van der Waals surface area contributed by atoms with E-state index in [4.69, 9.17) is 0 Å². The van der Waals surface area contributed by atoms with Crippen molar-refractivity contribution in [2.45, 2.75) is 98.6 Å². The molecule has 5 heteroatoms. The third kappa shape index (κ3) is 5.44. The lowest BCUT2D eigenvalue weighted by Crippen LogP contribution is -2.58. The van der Waals surface area contributed by atoms with Crippen LogP contribution in [0.25, 0.3) is 0 Å². The van der Waals surface area contributed by atoms with E-state index in [1.165, 1.54) is 81.3 Å². The van der Waals surface area contributed by atoms with E-state index < -0.39 is 0 Å². The third-order valence-corrected chi connectivity index (χ3v) is 12.8. The molecule has 0 unspecified atom stereocenters. The van der Waals surface area contributed by atoms with Crippen LogP contribution in [0.4, 0.5) is 11.4 Å². The highest BCUT2D eigenvalue weighted by atomic mass is 32.2. The van der Waals surface area contributed by atoms with Crippen molar-refractivity contribution in [1.82, 2.24) is 0 Å². The molecule has 1 radical (unpaired) electrons. The molecular formula is C45H46BN2S2. The fraction of sp³-hybridized carbons (Fsp3) is 0.267. The largest absolute Gasteiger partial charge is 0.314 e. The highest BCUT2D eigenvalue weighted by Gasteiger charge is 2.42. The van der Waals surface area contributed by atoms with Crippen molar-refractivity contribution >= 4 is 58.0 Å². The van der Waals surface area contributed by atoms with Crippen LogP contribution in [0.5, 0.6) is 0 Å². The van der Waals surface area contributed by atoms with Gasteiger partial charge in [-0.15, -0.1) is 0 Å². The molecule has 0 aliphatic carbocycles. The molecule has 50 heavy (non-hydrogen) atoms. The molecule has 0 fully saturated rings. The van der Waals surface area contributed by atoms with Crippen LogP contribution in [0.3, 0.4) is 0 Å². The van der Waals surface area contributed by atoms with Crippen molar-refractivity contribution in [2.75, 3.05) is 9.80 Å². The average molecular weight is 690 g/mol. The number of fused-ring (bicyclic) bond motifs is 4. The molecule has 3 aliphatic rings. The van der Waals surface area contributed by atoms with Gasteiger partial charge >= 0.3 is 0 Å². The predicted molar refractivity (Wildman–Crippen MR) is 218 cm³/mol. The number of anilines is 2. The van der Waals surface area contributed by atoms with E-state index in [2.05, 4.69) is 175 Å². The Labute approximate surface area is 308 Å². The van der Waals surface area contributed by atoms with Gasteiger partial charge in [0, 0.05) is 37.5 Å². The van der Waals surface area contributed by atoms with E-state index in [0.29, 0.717) is 23.7 Å². The zero-order valence-corrected chi connectivity index (χ0v) is 32.1. The van der Waals surface area contributed by atoms with Crippen molar-refractivity contribution in [3.05, 3.63) is 143 Å². The molecule has 5 aromatic carbocycles. The first-order valence-corrected chi connectivity index (χ1v) is 19.9. The summed E-state index contributed by atoms with van der Waals surface area (Å²) in [6.07, 6.45) is 5.88. The molecule has 0 aromatic heterocycles. The van der Waals surface area contributed by atoms with Crippen LogP contribution in [0.15, 0.2) is 129 Å². The fourth-order valence-electron chi connectivity index (χ4n) is 8.13. The lowest BCUT2D eigenvalue weighted by atomic mass is 9.36. The van der Waals surface area contributed by atoms with E-state index in [9.17, 15) is 0 Å². The van der Waals surface area contributed by atoms with Crippen molar-refractivity contribution < 1.29 is 0 Å². The van der Waals surface area contributed by atoms with Gasteiger partial charge in [-0.2, -0.15) is 0 Å². The van der Waals surface area contributed by atoms with E-state index in [0.717, 1.165) is 0 Å². The van der Waals surface area contributed by atoms with Crippen LogP contribution in [0.1, 0.15) is 107 Å². The highest BCUT2D eigenvalue weighted by molar-refractivity contribution is 8.01. The van der Waals surface area contributed by atoms with Gasteiger partial charge in [0.15, 0.2) is 6.17 Å². The molecule has 251 valence electrons. The summed E-state index contributed by atoms with van der Waals surface area (Å²) >= 11 is 3.88. The second-order valence-electron chi connectivity index (χ2n) is 15.1. The molecule has 0 saturated carbocycles. The van der Waals surface area contributed by atoms with Crippen LogP contribution < -0.4 is 26.2 Å². The molecule has 0 saturated heterocycles. The van der Waals surface area contributed by atoms with Gasteiger partial charge in [-0.05, 0) is 75.7 Å². The Balaban J connectivity index is 1.39. The maximum Gasteiger partial charge on any atom is 0.247 e. The highest BCUT2D eigenvalue weighted by Crippen LogP contribution is 2.49. The Kier molecular flexibility index (Phi) is 8.72. The van der Waals surface area contributed by atoms with Gasteiger partial charge in [-0.25, -0.2) is 0 Å². The summed E-state index contributed by atoms with van der Waals surface area (Å²) in [7, 11) is 0. The Morgan fingerprint density at radius 3 is 1.22 bits per heavy atom. The number of hydrogen-bond acceptors (Lipinski definition) is 4. The number of hydrogen-bond donors (Lipinski definition) is 0. The van der Waals surface area contributed by atoms with Crippen LogP contribution >= 0.6 is 23.5 Å². The zero-order valence-electron chi connectivity index (χ0n) is 30.5. The van der Waals surface area contributed by atoms with Crippen molar-refractivity contribution in [1.29, 1.82) is 0 Å². The summed E-state index contributed by atoms with van der Waals surface area (Å²) in [4.78, 5) is 10.5. The molecule has 0 spiro atoms. The fourth-order valence-corrected chi connectivity index (χ4v) is 10.6. The average Bonchev–Trinajstić information content (AvgIpc) is 3.55. The number of nitrogens with zero attached hydrogens (tertiary/aromatic N) is 2. The van der Waals surface area contributed by atoms with Crippen molar-refractivity contribution in [2.24, 2.45) is 0 Å². The Morgan fingerprint density at radius 2 is 0.840 bits per heavy atom. The summed E-state index contributed by atoms with van der Waals surface area (Å²) in [5.74, 6) is 1.52. The second-order valence-corrected chi connectivity index (χ2v) is 17.3. The van der Waals surface area contributed by atoms with Crippen LogP contribution in [0, 0.1) is 6.17 Å². The first kappa shape index (κ1) is 33.4. The monoisotopic (exact) mass is 689 g/mol. The topological polar surface area (TPSA) is 6.48 Å². The van der Waals surface area contributed by atoms with Crippen LogP contribution in [-0.2, 0) is 0 Å². The van der Waals surface area contributed by atoms with Crippen LogP contribution in [-0.4, -0.2) is 6.71 Å². The first-order chi connectivity index (χ1) is 24.1. The quantitative estimate of drug-likeness (QED) is 0.154. The molecular weight excluding hydrogens is 643 g/mol. The lowest BCUT2D eigenvalue weighted by Gasteiger charge is -2.39. The third-order valence-electron chi connectivity index (χ3n) is 10.5. The molecule has 8 rings (SSSR count). The molecule has 0 amide bonds. The number of para-hydroxylation sites is 2. The van der Waals surface area contributed by atoms with E-state index in [1.807, 2.05) is 23.5 Å². The van der Waals surface area contributed by atoms with Gasteiger partial charge in [-0.3, -0.25) is 0 Å². The minimum Gasteiger partial charge on any atom is -0.314 e. The summed E-state index contributed by atoms with van der Waals surface area (Å²) in [6, 6.07) is 36.9. The SMILES string of the molecule is CC(C)c1cccc(C(C)C)c1N1C=CN(c2c(C(C)C)cccc2C(C)C)[C]1c1cc2c3c(c1)Sc1ccccc1B3c1ccccc1S2. The van der Waals surface area contributed by atoms with Crippen LogP contribution in [0.2, 0.25) is 0 Å². The number of benzene rings is 5. The maximum absolute atomic E-state index is 2.53. The summed E-state index contributed by atoms with van der Waals surface area (Å²) in [5, 5.41) is 0. The number of rotatable bonds is 7. The molecule has 3 heterocycles. The van der Waals surface area contributed by atoms with Gasteiger partial charge in [0.2, 0.25) is 6.71 Å². The molecule has 5 aromatic rings. The standard InChI is InChI=1S/C45H46BN2S2/c1-27(2)32-15-13-16-33(28(3)4)43(32)47-23-24-48(44-34(29(5)6)17-14-18-35(44)30(7)8)45(47)31-25-40-42-41(26-31)50-39-22-12-10-20-37(39)46(42)36-19-9-11-21-38(36)49-40/h9-30H,1-8H3. The van der Waals surface area contributed by atoms with E-state index >= 15 is 0 Å². The predicted octanol–water partition coefficient (Wildman–Crippen LogP) is 11.0. The van der Waals surface area contributed by atoms with Crippen molar-refractivity contribution in [3.8, 4) is 0 Å².